The van der Waals surface area contributed by atoms with E-state index in [1.807, 2.05) is 11.8 Å². The summed E-state index contributed by atoms with van der Waals surface area (Å²) in [5, 5.41) is 0. The average molecular weight is 360 g/mol. The molecule has 1 unspecified atom stereocenters. The first-order valence-electron chi connectivity index (χ1n) is 10.6. The fraction of sp³-hybridized carbons (Fsp3) is 0.810. The van der Waals surface area contributed by atoms with E-state index in [1.54, 1.807) is 0 Å². The summed E-state index contributed by atoms with van der Waals surface area (Å²) >= 11 is 0. The molecule has 1 aliphatic carbocycles. The number of carbonyl (C=O) groups excluding carboxylic acids is 1. The zero-order chi connectivity index (χ0) is 18.0. The van der Waals surface area contributed by atoms with E-state index in [4.69, 9.17) is 4.42 Å². The molecule has 3 heterocycles. The first kappa shape index (κ1) is 18.0. The van der Waals surface area contributed by atoms with Gasteiger partial charge in [0.1, 0.15) is 5.76 Å². The summed E-state index contributed by atoms with van der Waals surface area (Å²) in [5.41, 5.74) is 0.796. The van der Waals surface area contributed by atoms with Crippen LogP contribution < -0.4 is 0 Å². The topological polar surface area (TPSA) is 49.6 Å². The van der Waals surface area contributed by atoms with E-state index >= 15 is 0 Å². The number of piperidine rings is 1. The third-order valence-electron chi connectivity index (χ3n) is 6.99. The van der Waals surface area contributed by atoms with Crippen molar-refractivity contribution in [3.05, 3.63) is 17.8 Å². The van der Waals surface area contributed by atoms with Crippen LogP contribution in [-0.4, -0.2) is 53.4 Å². The van der Waals surface area contributed by atoms with Gasteiger partial charge in [-0.1, -0.05) is 32.1 Å². The lowest BCUT2D eigenvalue weighted by atomic mass is 9.79. The van der Waals surface area contributed by atoms with Crippen molar-refractivity contribution in [3.8, 4) is 0 Å². The van der Waals surface area contributed by atoms with Crippen molar-refractivity contribution in [1.29, 1.82) is 0 Å². The molecule has 1 aromatic rings. The van der Waals surface area contributed by atoms with Crippen LogP contribution in [0.3, 0.4) is 0 Å². The van der Waals surface area contributed by atoms with E-state index < -0.39 is 0 Å². The minimum atomic E-state index is 0.0486. The number of rotatable bonds is 4. The van der Waals surface area contributed by atoms with Crippen LogP contribution in [0.2, 0.25) is 0 Å². The molecule has 0 N–H and O–H groups in total. The normalized spacial score (nSPS) is 28.1. The molecule has 1 saturated carbocycles. The Balaban J connectivity index is 1.32. The largest absolute Gasteiger partial charge is 0.448 e. The summed E-state index contributed by atoms with van der Waals surface area (Å²) in [6.07, 6.45) is 13.6. The number of amides is 1. The first-order valence-corrected chi connectivity index (χ1v) is 10.6. The standard InChI is InChI=1S/C21H33N3O2/c1-17-19(22-16-26-17)20(25)24-13-10-21(15-24)9-5-11-23(14-21)12-8-18-6-3-2-4-7-18/h16,18H,2-15H2,1H3. The zero-order valence-corrected chi connectivity index (χ0v) is 16.2. The van der Waals surface area contributed by atoms with Gasteiger partial charge in [-0.25, -0.2) is 4.98 Å². The smallest absolute Gasteiger partial charge is 0.276 e. The fourth-order valence-electron chi connectivity index (χ4n) is 5.44. The van der Waals surface area contributed by atoms with Gasteiger partial charge < -0.3 is 14.2 Å². The van der Waals surface area contributed by atoms with E-state index in [2.05, 4.69) is 9.88 Å². The van der Waals surface area contributed by atoms with Crippen LogP contribution in [0.15, 0.2) is 10.8 Å². The average Bonchev–Trinajstić information content (AvgIpc) is 3.27. The van der Waals surface area contributed by atoms with Crippen LogP contribution in [0.25, 0.3) is 0 Å². The highest BCUT2D eigenvalue weighted by atomic mass is 16.3. The van der Waals surface area contributed by atoms with Gasteiger partial charge >= 0.3 is 0 Å². The van der Waals surface area contributed by atoms with Crippen LogP contribution in [0, 0.1) is 18.3 Å². The molecule has 0 aromatic carbocycles. The molecule has 26 heavy (non-hydrogen) atoms. The maximum atomic E-state index is 12.8. The summed E-state index contributed by atoms with van der Waals surface area (Å²) in [4.78, 5) is 21.6. The maximum Gasteiger partial charge on any atom is 0.276 e. The highest BCUT2D eigenvalue weighted by Gasteiger charge is 2.43. The number of nitrogens with zero attached hydrogens (tertiary/aromatic N) is 3. The van der Waals surface area contributed by atoms with Crippen LogP contribution >= 0.6 is 0 Å². The number of carbonyl (C=O) groups is 1. The van der Waals surface area contributed by atoms with Gasteiger partial charge in [-0.05, 0) is 51.6 Å². The molecule has 1 amide bonds. The Labute approximate surface area is 157 Å². The Morgan fingerprint density at radius 2 is 2.04 bits per heavy atom. The van der Waals surface area contributed by atoms with Crippen molar-refractivity contribution in [2.45, 2.75) is 64.7 Å². The fourth-order valence-corrected chi connectivity index (χ4v) is 5.44. The summed E-state index contributed by atoms with van der Waals surface area (Å²) in [6.45, 7) is 7.23. The van der Waals surface area contributed by atoms with Gasteiger partial charge in [0, 0.05) is 25.0 Å². The number of aromatic nitrogens is 1. The van der Waals surface area contributed by atoms with Crippen LogP contribution in [0.1, 0.15) is 74.0 Å². The summed E-state index contributed by atoms with van der Waals surface area (Å²) < 4.78 is 5.22. The lowest BCUT2D eigenvalue weighted by molar-refractivity contribution is 0.0669. The third-order valence-corrected chi connectivity index (χ3v) is 6.99. The predicted octanol–water partition coefficient (Wildman–Crippen LogP) is 3.88. The molecular formula is C21H33N3O2. The molecule has 2 saturated heterocycles. The molecule has 0 bridgehead atoms. The third kappa shape index (κ3) is 3.83. The molecule has 5 heteroatoms. The molecule has 4 rings (SSSR count). The molecule has 0 radical (unpaired) electrons. The second-order valence-corrected chi connectivity index (χ2v) is 8.91. The lowest BCUT2D eigenvalue weighted by Crippen LogP contribution is -2.46. The van der Waals surface area contributed by atoms with Gasteiger partial charge in [-0.3, -0.25) is 4.79 Å². The van der Waals surface area contributed by atoms with Crippen LogP contribution in [0.5, 0.6) is 0 Å². The van der Waals surface area contributed by atoms with Gasteiger partial charge in [0.15, 0.2) is 12.1 Å². The Hall–Kier alpha value is -1.36. The summed E-state index contributed by atoms with van der Waals surface area (Å²) in [5.74, 6) is 1.64. The van der Waals surface area contributed by atoms with Gasteiger partial charge in [0.25, 0.3) is 5.91 Å². The Morgan fingerprint density at radius 3 is 2.81 bits per heavy atom. The molecule has 3 fully saturated rings. The van der Waals surface area contributed by atoms with Crippen molar-refractivity contribution >= 4 is 5.91 Å². The van der Waals surface area contributed by atoms with E-state index in [-0.39, 0.29) is 5.91 Å². The van der Waals surface area contributed by atoms with E-state index in [0.29, 0.717) is 16.9 Å². The highest BCUT2D eigenvalue weighted by molar-refractivity contribution is 5.93. The van der Waals surface area contributed by atoms with Gasteiger partial charge in [-0.15, -0.1) is 0 Å². The van der Waals surface area contributed by atoms with Crippen molar-refractivity contribution in [2.75, 3.05) is 32.7 Å². The Morgan fingerprint density at radius 1 is 1.19 bits per heavy atom. The zero-order valence-electron chi connectivity index (χ0n) is 16.2. The van der Waals surface area contributed by atoms with Crippen molar-refractivity contribution in [2.24, 2.45) is 11.3 Å². The minimum Gasteiger partial charge on any atom is -0.448 e. The van der Waals surface area contributed by atoms with Crippen molar-refractivity contribution in [3.63, 3.8) is 0 Å². The first-order chi connectivity index (χ1) is 12.7. The van der Waals surface area contributed by atoms with E-state index in [1.165, 1.54) is 77.4 Å². The Kier molecular flexibility index (Phi) is 5.35. The second-order valence-electron chi connectivity index (χ2n) is 8.91. The Bertz CT molecular complexity index is 623. The number of likely N-dealkylation sites (tertiary alicyclic amines) is 2. The summed E-state index contributed by atoms with van der Waals surface area (Å²) in [7, 11) is 0. The number of hydrogen-bond donors (Lipinski definition) is 0. The monoisotopic (exact) mass is 359 g/mol. The lowest BCUT2D eigenvalue weighted by Gasteiger charge is -2.41. The SMILES string of the molecule is Cc1ocnc1C(=O)N1CCC2(CCCN(CCC3CCCCC3)C2)C1. The van der Waals surface area contributed by atoms with Crippen molar-refractivity contribution < 1.29 is 9.21 Å². The second kappa shape index (κ2) is 7.71. The molecule has 1 atom stereocenters. The molecular weight excluding hydrogens is 326 g/mol. The predicted molar refractivity (Wildman–Crippen MR) is 101 cm³/mol. The number of aryl methyl sites for hydroxylation is 1. The maximum absolute atomic E-state index is 12.8. The number of hydrogen-bond acceptors (Lipinski definition) is 4. The molecule has 1 spiro atoms. The molecule has 2 aliphatic heterocycles. The molecule has 5 nitrogen and oxygen atoms in total. The van der Waals surface area contributed by atoms with Gasteiger partial charge in [-0.2, -0.15) is 0 Å². The van der Waals surface area contributed by atoms with E-state index in [9.17, 15) is 4.79 Å². The van der Waals surface area contributed by atoms with Crippen molar-refractivity contribution in [1.82, 2.24) is 14.8 Å². The molecule has 3 aliphatic rings. The quantitative estimate of drug-likeness (QED) is 0.818. The molecule has 144 valence electrons. The molecule has 1 aromatic heterocycles. The van der Waals surface area contributed by atoms with Crippen LogP contribution in [-0.2, 0) is 0 Å². The number of oxazole rings is 1. The highest BCUT2D eigenvalue weighted by Crippen LogP contribution is 2.40. The van der Waals surface area contributed by atoms with E-state index in [0.717, 1.165) is 25.4 Å². The van der Waals surface area contributed by atoms with Gasteiger partial charge in [0.05, 0.1) is 0 Å². The van der Waals surface area contributed by atoms with Gasteiger partial charge in [0.2, 0.25) is 0 Å². The minimum absolute atomic E-state index is 0.0486. The summed E-state index contributed by atoms with van der Waals surface area (Å²) in [6, 6.07) is 0. The van der Waals surface area contributed by atoms with Crippen LogP contribution in [0.4, 0.5) is 0 Å².